The van der Waals surface area contributed by atoms with Gasteiger partial charge in [0.2, 0.25) is 0 Å². The Balaban J connectivity index is 1.56. The number of aliphatic carboxylic acids is 1. The average Bonchev–Trinajstić information content (AvgIpc) is 3.32. The molecule has 0 spiro atoms. The van der Waals surface area contributed by atoms with Gasteiger partial charge in [-0.3, -0.25) is 9.59 Å². The molecule has 0 bridgehead atoms. The molecule has 1 saturated carbocycles. The molecular weight excluding hydrogens is 336 g/mol. The van der Waals surface area contributed by atoms with E-state index in [1.807, 2.05) is 16.8 Å². The average molecular weight is 352 g/mol. The third-order valence-corrected chi connectivity index (χ3v) is 4.65. The van der Waals surface area contributed by atoms with E-state index >= 15 is 0 Å². The number of rotatable bonds is 5. The highest BCUT2D eigenvalue weighted by molar-refractivity contribution is 5.99. The molecule has 1 fully saturated rings. The Labute approximate surface area is 148 Å². The van der Waals surface area contributed by atoms with E-state index < -0.39 is 17.4 Å². The molecule has 1 aliphatic carbocycles. The summed E-state index contributed by atoms with van der Waals surface area (Å²) in [6, 6.07) is 3.63. The van der Waals surface area contributed by atoms with Crippen molar-refractivity contribution in [1.29, 1.82) is 0 Å². The molecule has 0 unspecified atom stereocenters. The first-order valence-electron chi connectivity index (χ1n) is 8.16. The van der Waals surface area contributed by atoms with Crippen molar-refractivity contribution in [2.75, 3.05) is 6.54 Å². The van der Waals surface area contributed by atoms with Crippen molar-refractivity contribution < 1.29 is 19.5 Å². The van der Waals surface area contributed by atoms with Crippen LogP contribution < -0.4 is 10.6 Å². The molecule has 0 atom stereocenters. The van der Waals surface area contributed by atoms with Gasteiger partial charge in [0.1, 0.15) is 16.9 Å². The molecule has 1 amide bonds. The van der Waals surface area contributed by atoms with Crippen LogP contribution in [0.15, 0.2) is 42.4 Å². The second-order valence-corrected chi connectivity index (χ2v) is 6.42. The number of carboxylic acids is 1. The van der Waals surface area contributed by atoms with Crippen LogP contribution in [0.25, 0.3) is 16.7 Å². The van der Waals surface area contributed by atoms with Gasteiger partial charge in [-0.25, -0.2) is 9.78 Å². The number of pyridine rings is 1. The monoisotopic (exact) mass is 352 g/mol. The minimum Gasteiger partial charge on any atom is -0.480 e. The highest BCUT2D eigenvalue weighted by atomic mass is 16.4. The van der Waals surface area contributed by atoms with Crippen LogP contribution in [0.5, 0.6) is 0 Å². The summed E-state index contributed by atoms with van der Waals surface area (Å²) in [5, 5.41) is 15.6. The molecule has 0 aromatic carbocycles. The number of hydrogen-bond acceptors (Lipinski definition) is 5. The third kappa shape index (κ3) is 2.65. The summed E-state index contributed by atoms with van der Waals surface area (Å²) in [5.74, 6) is -1.43. The quantitative estimate of drug-likeness (QED) is 0.690. The van der Waals surface area contributed by atoms with Crippen molar-refractivity contribution in [3.63, 3.8) is 0 Å². The van der Waals surface area contributed by atoms with E-state index in [4.69, 9.17) is 5.11 Å². The lowest BCUT2D eigenvalue weighted by Crippen LogP contribution is -2.46. The van der Waals surface area contributed by atoms with Gasteiger partial charge in [-0.2, -0.15) is 0 Å². The van der Waals surface area contributed by atoms with E-state index in [2.05, 4.69) is 15.6 Å². The highest BCUT2D eigenvalue weighted by Crippen LogP contribution is 2.35. The topological polar surface area (TPSA) is 113 Å². The SMILES string of the molecule is O=Cc1cnc2c(ccn2C2=CC=C(C(=O)NC3(C(=O)O)CC3)NC2)c1. The van der Waals surface area contributed by atoms with Crippen LogP contribution in [0.3, 0.4) is 0 Å². The highest BCUT2D eigenvalue weighted by Gasteiger charge is 2.51. The van der Waals surface area contributed by atoms with Crippen molar-refractivity contribution in [1.82, 2.24) is 20.2 Å². The van der Waals surface area contributed by atoms with Crippen molar-refractivity contribution in [2.45, 2.75) is 18.4 Å². The summed E-state index contributed by atoms with van der Waals surface area (Å²) in [6.07, 6.45) is 8.43. The molecule has 4 rings (SSSR count). The number of amides is 1. The van der Waals surface area contributed by atoms with Crippen LogP contribution in [0, 0.1) is 0 Å². The molecule has 3 heterocycles. The first-order chi connectivity index (χ1) is 12.5. The number of carbonyl (C=O) groups is 3. The maximum Gasteiger partial charge on any atom is 0.329 e. The van der Waals surface area contributed by atoms with Gasteiger partial charge in [0.05, 0.1) is 6.54 Å². The Hall–Kier alpha value is -3.42. The molecule has 0 radical (unpaired) electrons. The van der Waals surface area contributed by atoms with Gasteiger partial charge < -0.3 is 20.3 Å². The van der Waals surface area contributed by atoms with Gasteiger partial charge in [0, 0.05) is 29.0 Å². The molecule has 3 N–H and O–H groups in total. The van der Waals surface area contributed by atoms with Crippen LogP contribution in [0.1, 0.15) is 23.2 Å². The molecule has 2 aliphatic rings. The Kier molecular flexibility index (Phi) is 3.61. The van der Waals surface area contributed by atoms with Gasteiger partial charge in [-0.1, -0.05) is 0 Å². The number of aromatic nitrogens is 2. The van der Waals surface area contributed by atoms with Crippen molar-refractivity contribution in [2.24, 2.45) is 0 Å². The number of fused-ring (bicyclic) bond motifs is 1. The predicted octanol–water partition coefficient (Wildman–Crippen LogP) is 0.910. The molecule has 132 valence electrons. The number of dihydropyridines is 1. The first-order valence-corrected chi connectivity index (χ1v) is 8.16. The molecule has 2 aromatic rings. The number of carboxylic acid groups (broad SMARTS) is 1. The number of nitrogens with zero attached hydrogens (tertiary/aromatic N) is 2. The summed E-state index contributed by atoms with van der Waals surface area (Å²) in [6.45, 7) is 0.389. The second-order valence-electron chi connectivity index (χ2n) is 6.42. The molecule has 1 aliphatic heterocycles. The van der Waals surface area contributed by atoms with E-state index in [0.717, 1.165) is 17.4 Å². The summed E-state index contributed by atoms with van der Waals surface area (Å²) in [5.41, 5.74) is 1.32. The molecule has 0 saturated heterocycles. The molecule has 2 aromatic heterocycles. The van der Waals surface area contributed by atoms with Crippen LogP contribution in [-0.2, 0) is 9.59 Å². The van der Waals surface area contributed by atoms with Gasteiger partial charge in [-0.05, 0) is 37.1 Å². The zero-order valence-corrected chi connectivity index (χ0v) is 13.7. The lowest BCUT2D eigenvalue weighted by atomic mass is 10.2. The predicted molar refractivity (Wildman–Crippen MR) is 93.2 cm³/mol. The molecular formula is C18H16N4O4. The van der Waals surface area contributed by atoms with E-state index in [1.165, 1.54) is 6.20 Å². The Morgan fingerprint density at radius 1 is 1.35 bits per heavy atom. The standard InChI is InChI=1S/C18H16N4O4/c23-10-11-7-12-3-6-22(15(12)20-8-11)13-1-2-14(19-9-13)16(24)21-18(4-5-18)17(25)26/h1-3,6-8,10,19H,4-5,9H2,(H,21,24)(H,25,26). The van der Waals surface area contributed by atoms with Gasteiger partial charge in [0.25, 0.3) is 5.91 Å². The van der Waals surface area contributed by atoms with Gasteiger partial charge in [0.15, 0.2) is 6.29 Å². The van der Waals surface area contributed by atoms with E-state index in [0.29, 0.717) is 36.3 Å². The van der Waals surface area contributed by atoms with Crippen molar-refractivity contribution in [3.8, 4) is 0 Å². The Morgan fingerprint density at radius 2 is 2.15 bits per heavy atom. The van der Waals surface area contributed by atoms with Crippen molar-refractivity contribution >= 4 is 34.9 Å². The number of allylic oxidation sites excluding steroid dienone is 2. The Bertz CT molecular complexity index is 998. The van der Waals surface area contributed by atoms with Crippen LogP contribution in [-0.4, -0.2) is 44.9 Å². The largest absolute Gasteiger partial charge is 0.480 e. The van der Waals surface area contributed by atoms with Crippen LogP contribution in [0.4, 0.5) is 0 Å². The maximum absolute atomic E-state index is 12.2. The van der Waals surface area contributed by atoms with Crippen molar-refractivity contribution in [3.05, 3.63) is 47.9 Å². The summed E-state index contributed by atoms with van der Waals surface area (Å²) in [4.78, 5) is 38.6. The lowest BCUT2D eigenvalue weighted by molar-refractivity contribution is -0.142. The summed E-state index contributed by atoms with van der Waals surface area (Å²) >= 11 is 0. The number of carbonyl (C=O) groups excluding carboxylic acids is 2. The smallest absolute Gasteiger partial charge is 0.329 e. The number of nitrogens with one attached hydrogen (secondary N) is 2. The third-order valence-electron chi connectivity index (χ3n) is 4.65. The lowest BCUT2D eigenvalue weighted by Gasteiger charge is -2.20. The molecule has 26 heavy (non-hydrogen) atoms. The van der Waals surface area contributed by atoms with Crippen LogP contribution >= 0.6 is 0 Å². The fourth-order valence-corrected chi connectivity index (χ4v) is 2.94. The van der Waals surface area contributed by atoms with Gasteiger partial charge in [-0.15, -0.1) is 0 Å². The fraction of sp³-hybridized carbons (Fsp3) is 0.222. The summed E-state index contributed by atoms with van der Waals surface area (Å²) < 4.78 is 1.88. The van der Waals surface area contributed by atoms with E-state index in [1.54, 1.807) is 18.2 Å². The molecule has 8 nitrogen and oxygen atoms in total. The second kappa shape index (κ2) is 5.83. The zero-order chi connectivity index (χ0) is 18.3. The summed E-state index contributed by atoms with van der Waals surface area (Å²) in [7, 11) is 0. The minimum atomic E-state index is -1.11. The van der Waals surface area contributed by atoms with Gasteiger partial charge >= 0.3 is 5.97 Å². The van der Waals surface area contributed by atoms with Crippen LogP contribution in [0.2, 0.25) is 0 Å². The maximum atomic E-state index is 12.2. The minimum absolute atomic E-state index is 0.328. The Morgan fingerprint density at radius 3 is 2.77 bits per heavy atom. The van der Waals surface area contributed by atoms with E-state index in [-0.39, 0.29) is 0 Å². The number of hydrogen-bond donors (Lipinski definition) is 3. The molecule has 8 heteroatoms. The van der Waals surface area contributed by atoms with E-state index in [9.17, 15) is 14.4 Å². The zero-order valence-electron chi connectivity index (χ0n) is 13.7. The normalized spacial score (nSPS) is 17.7. The fourth-order valence-electron chi connectivity index (χ4n) is 2.94. The number of aldehydes is 1. The first kappa shape index (κ1) is 16.1.